The molecular weight excluding hydrogens is 535 g/mol. The average Bonchev–Trinajstić information content (AvgIpc) is 2.80. The molecule has 1 heterocycles. The summed E-state index contributed by atoms with van der Waals surface area (Å²) in [4.78, 5) is 26.7. The first-order valence-corrected chi connectivity index (χ1v) is 10.1. The van der Waals surface area contributed by atoms with Gasteiger partial charge in [0, 0.05) is 0 Å². The Labute approximate surface area is 195 Å². The number of nitrogens with two attached hydrogens (primary N) is 1. The number of nitriles is 1. The van der Waals surface area contributed by atoms with Gasteiger partial charge in [-0.1, -0.05) is 30.3 Å². The van der Waals surface area contributed by atoms with Crippen molar-refractivity contribution in [2.24, 2.45) is 5.73 Å². The molecule has 0 fully saturated rings. The third-order valence-corrected chi connectivity index (χ3v) is 5.87. The van der Waals surface area contributed by atoms with Gasteiger partial charge in [0.05, 0.1) is 46.6 Å². The van der Waals surface area contributed by atoms with Crippen molar-refractivity contribution in [3.05, 3.63) is 85.9 Å². The molecule has 0 radical (unpaired) electrons. The Bertz CT molecular complexity index is 1180. The van der Waals surface area contributed by atoms with Crippen molar-refractivity contribution in [1.29, 1.82) is 5.26 Å². The second kappa shape index (κ2) is 9.35. The Morgan fingerprint density at radius 2 is 1.66 bits per heavy atom. The van der Waals surface area contributed by atoms with Crippen LogP contribution < -0.4 is 10.6 Å². The molecule has 1 aliphatic heterocycles. The molecule has 1 atom stereocenters. The monoisotopic (exact) mass is 551 g/mol. The summed E-state index contributed by atoms with van der Waals surface area (Å²) in [6.07, 6.45) is 0. The zero-order valence-electron chi connectivity index (χ0n) is 16.9. The molecule has 10 heteroatoms. The number of carbonyl (C=O) groups excluding carboxylic acids is 2. The number of rotatable bonds is 4. The van der Waals surface area contributed by atoms with Crippen LogP contribution in [-0.4, -0.2) is 26.2 Å². The SMILES string of the molecule is COC(=O)C1=C(C(=O)OC)N(c2cc(F)c(I)c(F)c2)C(N)=C(C#N)C1c1ccccc1. The van der Waals surface area contributed by atoms with E-state index in [4.69, 9.17) is 15.2 Å². The molecule has 0 spiro atoms. The van der Waals surface area contributed by atoms with Gasteiger partial charge in [-0.3, -0.25) is 4.90 Å². The Hall–Kier alpha value is -3.46. The van der Waals surface area contributed by atoms with Gasteiger partial charge in [0.1, 0.15) is 23.2 Å². The van der Waals surface area contributed by atoms with Crippen molar-refractivity contribution in [3.63, 3.8) is 0 Å². The van der Waals surface area contributed by atoms with Crippen LogP contribution in [-0.2, 0) is 19.1 Å². The number of halogens is 3. The summed E-state index contributed by atoms with van der Waals surface area (Å²) in [7, 11) is 2.18. The van der Waals surface area contributed by atoms with Gasteiger partial charge in [-0.05, 0) is 40.3 Å². The lowest BCUT2D eigenvalue weighted by Gasteiger charge is -2.35. The molecule has 0 bridgehead atoms. The molecule has 1 unspecified atom stereocenters. The predicted octanol–water partition coefficient (Wildman–Crippen LogP) is 3.47. The molecule has 0 saturated carbocycles. The summed E-state index contributed by atoms with van der Waals surface area (Å²) in [5.41, 5.74) is 5.76. The number of methoxy groups -OCH3 is 2. The van der Waals surface area contributed by atoms with Crippen molar-refractivity contribution in [2.75, 3.05) is 19.1 Å². The average molecular weight is 551 g/mol. The van der Waals surface area contributed by atoms with E-state index in [2.05, 4.69) is 0 Å². The zero-order valence-corrected chi connectivity index (χ0v) is 19.0. The second-order valence-corrected chi connectivity index (χ2v) is 7.64. The molecule has 0 aliphatic carbocycles. The van der Waals surface area contributed by atoms with E-state index in [1.54, 1.807) is 30.3 Å². The highest BCUT2D eigenvalue weighted by Gasteiger charge is 2.43. The van der Waals surface area contributed by atoms with Gasteiger partial charge in [-0.15, -0.1) is 0 Å². The van der Waals surface area contributed by atoms with Crippen molar-refractivity contribution in [3.8, 4) is 6.07 Å². The number of nitrogens with zero attached hydrogens (tertiary/aromatic N) is 2. The summed E-state index contributed by atoms with van der Waals surface area (Å²) >= 11 is 1.49. The van der Waals surface area contributed by atoms with Crippen molar-refractivity contribution >= 4 is 40.2 Å². The fourth-order valence-corrected chi connectivity index (χ4v) is 3.76. The Morgan fingerprint density at radius 3 is 2.16 bits per heavy atom. The maximum absolute atomic E-state index is 14.4. The zero-order chi connectivity index (χ0) is 23.6. The van der Waals surface area contributed by atoms with Crippen molar-refractivity contribution in [2.45, 2.75) is 5.92 Å². The highest BCUT2D eigenvalue weighted by Crippen LogP contribution is 2.43. The molecule has 32 heavy (non-hydrogen) atoms. The number of hydrogen-bond acceptors (Lipinski definition) is 7. The van der Waals surface area contributed by atoms with Gasteiger partial charge in [0.15, 0.2) is 0 Å². The van der Waals surface area contributed by atoms with Gasteiger partial charge in [-0.25, -0.2) is 18.4 Å². The highest BCUT2D eigenvalue weighted by atomic mass is 127. The molecule has 0 amide bonds. The predicted molar refractivity (Wildman–Crippen MR) is 119 cm³/mol. The molecule has 2 aromatic rings. The molecule has 0 aromatic heterocycles. The minimum atomic E-state index is -1.07. The maximum atomic E-state index is 14.4. The summed E-state index contributed by atoms with van der Waals surface area (Å²) in [5.74, 6) is -5.13. The van der Waals surface area contributed by atoms with E-state index in [0.29, 0.717) is 5.56 Å². The smallest absolute Gasteiger partial charge is 0.355 e. The lowest BCUT2D eigenvalue weighted by molar-refractivity contribution is -0.139. The molecular formula is C22H16F2IN3O4. The second-order valence-electron chi connectivity index (χ2n) is 6.56. The van der Waals surface area contributed by atoms with Crippen LogP contribution in [0.5, 0.6) is 0 Å². The van der Waals surface area contributed by atoms with Crippen molar-refractivity contribution in [1.82, 2.24) is 0 Å². The van der Waals surface area contributed by atoms with Gasteiger partial charge in [-0.2, -0.15) is 5.26 Å². The number of carbonyl (C=O) groups is 2. The number of anilines is 1. The molecule has 7 nitrogen and oxygen atoms in total. The number of hydrogen-bond donors (Lipinski definition) is 1. The summed E-state index contributed by atoms with van der Waals surface area (Å²) in [5, 5.41) is 9.91. The van der Waals surface area contributed by atoms with Crippen LogP contribution in [0.1, 0.15) is 11.5 Å². The Kier molecular flexibility index (Phi) is 6.78. The van der Waals surface area contributed by atoms with Crippen LogP contribution in [0.4, 0.5) is 14.5 Å². The van der Waals surface area contributed by atoms with Crippen LogP contribution in [0.25, 0.3) is 0 Å². The van der Waals surface area contributed by atoms with E-state index in [0.717, 1.165) is 31.3 Å². The van der Waals surface area contributed by atoms with Crippen molar-refractivity contribution < 1.29 is 27.8 Å². The highest BCUT2D eigenvalue weighted by molar-refractivity contribution is 14.1. The lowest BCUT2D eigenvalue weighted by atomic mass is 9.81. The fraction of sp³-hybridized carbons (Fsp3) is 0.136. The Balaban J connectivity index is 2.44. The van der Waals surface area contributed by atoms with E-state index in [-0.39, 0.29) is 26.2 Å². The molecule has 164 valence electrons. The largest absolute Gasteiger partial charge is 0.466 e. The van der Waals surface area contributed by atoms with Crippen LogP contribution in [0.15, 0.2) is 65.1 Å². The molecule has 2 aromatic carbocycles. The summed E-state index contributed by atoms with van der Waals surface area (Å²) in [6, 6.07) is 12.2. The molecule has 1 aliphatic rings. The van der Waals surface area contributed by atoms with Crippen LogP contribution in [0, 0.1) is 26.5 Å². The first-order chi connectivity index (χ1) is 15.3. The van der Waals surface area contributed by atoms with E-state index >= 15 is 0 Å². The number of benzene rings is 2. The summed E-state index contributed by atoms with van der Waals surface area (Å²) < 4.78 is 38.2. The van der Waals surface area contributed by atoms with Gasteiger partial charge in [0.2, 0.25) is 0 Å². The normalized spacial score (nSPS) is 16.0. The maximum Gasteiger partial charge on any atom is 0.355 e. The van der Waals surface area contributed by atoms with Crippen LogP contribution >= 0.6 is 22.6 Å². The molecule has 3 rings (SSSR count). The number of ether oxygens (including phenoxy) is 2. The van der Waals surface area contributed by atoms with Crippen LogP contribution in [0.3, 0.4) is 0 Å². The van der Waals surface area contributed by atoms with E-state index in [1.165, 1.54) is 22.6 Å². The van der Waals surface area contributed by atoms with E-state index in [1.807, 2.05) is 6.07 Å². The first-order valence-electron chi connectivity index (χ1n) is 9.06. The summed E-state index contributed by atoms with van der Waals surface area (Å²) in [6.45, 7) is 0. The van der Waals surface area contributed by atoms with Gasteiger partial charge >= 0.3 is 11.9 Å². The van der Waals surface area contributed by atoms with E-state index < -0.39 is 35.2 Å². The quantitative estimate of drug-likeness (QED) is 0.353. The first kappa shape index (κ1) is 23.2. The van der Waals surface area contributed by atoms with Gasteiger partial charge < -0.3 is 15.2 Å². The molecule has 2 N–H and O–H groups in total. The minimum absolute atomic E-state index is 0.108. The number of allylic oxidation sites excluding steroid dienone is 1. The third kappa shape index (κ3) is 3.91. The van der Waals surface area contributed by atoms with Gasteiger partial charge in [0.25, 0.3) is 0 Å². The minimum Gasteiger partial charge on any atom is -0.466 e. The Morgan fingerprint density at radius 1 is 1.09 bits per heavy atom. The third-order valence-electron chi connectivity index (χ3n) is 4.84. The molecule has 0 saturated heterocycles. The lowest BCUT2D eigenvalue weighted by Crippen LogP contribution is -2.40. The standard InChI is InChI=1S/C22H16F2IN3O4/c1-31-21(29)17-16(11-6-4-3-5-7-11)13(10-26)20(27)28(19(17)22(30)32-2)12-8-14(23)18(25)15(24)9-12/h3-9,16H,27H2,1-2H3. The topological polar surface area (TPSA) is 106 Å². The van der Waals surface area contributed by atoms with E-state index in [9.17, 15) is 23.6 Å². The number of esters is 2. The van der Waals surface area contributed by atoms with Crippen LogP contribution in [0.2, 0.25) is 0 Å². The fourth-order valence-electron chi connectivity index (χ4n) is 3.45.